The van der Waals surface area contributed by atoms with Crippen LogP contribution >= 0.6 is 0 Å². The third-order valence-corrected chi connectivity index (χ3v) is 2.36. The van der Waals surface area contributed by atoms with Gasteiger partial charge in [-0.2, -0.15) is 5.26 Å². The van der Waals surface area contributed by atoms with Gasteiger partial charge in [-0.15, -0.1) is 0 Å². The predicted molar refractivity (Wildman–Crippen MR) is 68.0 cm³/mol. The smallest absolute Gasteiger partial charge is 0.345 e. The fraction of sp³-hybridized carbons (Fsp3) is 0.214. The Labute approximate surface area is 110 Å². The Balaban J connectivity index is 3.25. The SMILES string of the molecule is CCOC(=O)/C(C(C)=O)=C(\O)c1ccc(C#N)cc1. The zero-order valence-corrected chi connectivity index (χ0v) is 10.6. The number of ether oxygens (including phenoxy) is 1. The van der Waals surface area contributed by atoms with E-state index in [2.05, 4.69) is 0 Å². The van der Waals surface area contributed by atoms with Crippen molar-refractivity contribution in [2.24, 2.45) is 0 Å². The van der Waals surface area contributed by atoms with Gasteiger partial charge in [0.2, 0.25) is 0 Å². The number of carbonyl (C=O) groups is 2. The minimum absolute atomic E-state index is 0.107. The summed E-state index contributed by atoms with van der Waals surface area (Å²) in [6.45, 7) is 2.89. The van der Waals surface area contributed by atoms with E-state index in [0.29, 0.717) is 5.56 Å². The molecule has 0 aliphatic rings. The molecule has 1 aromatic carbocycles. The van der Waals surface area contributed by atoms with Crippen LogP contribution in [0.4, 0.5) is 0 Å². The number of rotatable bonds is 4. The predicted octanol–water partition coefficient (Wildman–Crippen LogP) is 1.98. The van der Waals surface area contributed by atoms with Crippen LogP contribution in [0.15, 0.2) is 29.8 Å². The normalized spacial score (nSPS) is 11.2. The summed E-state index contributed by atoms with van der Waals surface area (Å²) in [7, 11) is 0. The largest absolute Gasteiger partial charge is 0.506 e. The van der Waals surface area contributed by atoms with E-state index >= 15 is 0 Å². The van der Waals surface area contributed by atoms with E-state index in [-0.39, 0.29) is 12.2 Å². The number of nitriles is 1. The Morgan fingerprint density at radius 3 is 2.32 bits per heavy atom. The summed E-state index contributed by atoms with van der Waals surface area (Å²) >= 11 is 0. The highest BCUT2D eigenvalue weighted by Gasteiger charge is 2.22. The summed E-state index contributed by atoms with van der Waals surface area (Å²) in [5, 5.41) is 18.7. The summed E-state index contributed by atoms with van der Waals surface area (Å²) in [5.41, 5.74) is 0.292. The molecule has 1 N–H and O–H groups in total. The topological polar surface area (TPSA) is 87.4 Å². The van der Waals surface area contributed by atoms with Crippen LogP contribution in [-0.2, 0) is 14.3 Å². The highest BCUT2D eigenvalue weighted by molar-refractivity contribution is 6.21. The number of hydrogen-bond donors (Lipinski definition) is 1. The molecule has 1 rings (SSSR count). The summed E-state index contributed by atoms with van der Waals surface area (Å²) in [5.74, 6) is -1.90. The average molecular weight is 259 g/mol. The van der Waals surface area contributed by atoms with Gasteiger partial charge in [0.05, 0.1) is 18.2 Å². The Hall–Kier alpha value is -2.61. The van der Waals surface area contributed by atoms with Crippen molar-refractivity contribution in [3.8, 4) is 6.07 Å². The molecule has 0 aliphatic heterocycles. The van der Waals surface area contributed by atoms with E-state index in [4.69, 9.17) is 10.00 Å². The average Bonchev–Trinajstić information content (AvgIpc) is 2.38. The quantitative estimate of drug-likeness (QED) is 0.294. The molecule has 0 unspecified atom stereocenters. The van der Waals surface area contributed by atoms with Crippen molar-refractivity contribution >= 4 is 17.5 Å². The van der Waals surface area contributed by atoms with Gasteiger partial charge < -0.3 is 9.84 Å². The first kappa shape index (κ1) is 14.5. The van der Waals surface area contributed by atoms with Gasteiger partial charge in [0, 0.05) is 5.56 Å². The molecule has 0 radical (unpaired) electrons. The maximum absolute atomic E-state index is 11.6. The molecular formula is C14H13NO4. The van der Waals surface area contributed by atoms with Crippen LogP contribution in [0.25, 0.3) is 5.76 Å². The van der Waals surface area contributed by atoms with Gasteiger partial charge >= 0.3 is 5.97 Å². The summed E-state index contributed by atoms with van der Waals surface area (Å²) in [6, 6.07) is 7.80. The van der Waals surface area contributed by atoms with Gasteiger partial charge in [0.15, 0.2) is 5.78 Å². The van der Waals surface area contributed by atoms with Gasteiger partial charge in [-0.1, -0.05) is 0 Å². The maximum Gasteiger partial charge on any atom is 0.345 e. The first-order valence-corrected chi connectivity index (χ1v) is 5.63. The lowest BCUT2D eigenvalue weighted by molar-refractivity contribution is -0.139. The van der Waals surface area contributed by atoms with E-state index in [0.717, 1.165) is 0 Å². The second-order valence-electron chi connectivity index (χ2n) is 3.69. The number of carbonyl (C=O) groups excluding carboxylic acids is 2. The fourth-order valence-corrected chi connectivity index (χ4v) is 1.46. The molecule has 19 heavy (non-hydrogen) atoms. The fourth-order valence-electron chi connectivity index (χ4n) is 1.46. The van der Waals surface area contributed by atoms with Crippen molar-refractivity contribution in [3.05, 3.63) is 41.0 Å². The lowest BCUT2D eigenvalue weighted by Crippen LogP contribution is -2.16. The number of hydrogen-bond acceptors (Lipinski definition) is 5. The van der Waals surface area contributed by atoms with Crippen molar-refractivity contribution in [3.63, 3.8) is 0 Å². The van der Waals surface area contributed by atoms with Gasteiger partial charge in [-0.25, -0.2) is 4.79 Å². The number of aliphatic hydroxyl groups excluding tert-OH is 1. The molecule has 5 heteroatoms. The molecule has 0 aromatic heterocycles. The minimum atomic E-state index is -0.864. The van der Waals surface area contributed by atoms with Gasteiger partial charge in [-0.3, -0.25) is 4.79 Å². The van der Waals surface area contributed by atoms with Gasteiger partial charge in [-0.05, 0) is 38.1 Å². The van der Waals surface area contributed by atoms with Gasteiger partial charge in [0.25, 0.3) is 0 Å². The van der Waals surface area contributed by atoms with Crippen LogP contribution in [0.3, 0.4) is 0 Å². The van der Waals surface area contributed by atoms with E-state index in [1.165, 1.54) is 31.2 Å². The third kappa shape index (κ3) is 3.42. The highest BCUT2D eigenvalue weighted by Crippen LogP contribution is 2.18. The Kier molecular flexibility index (Phi) is 4.84. The van der Waals surface area contributed by atoms with Crippen LogP contribution in [0.2, 0.25) is 0 Å². The molecule has 0 amide bonds. The second kappa shape index (κ2) is 6.36. The standard InChI is InChI=1S/C14H13NO4/c1-3-19-14(18)12(9(2)16)13(17)11-6-4-10(8-15)5-7-11/h4-7,17H,3H2,1-2H3/b13-12-. The van der Waals surface area contributed by atoms with Crippen molar-refractivity contribution < 1.29 is 19.4 Å². The first-order valence-electron chi connectivity index (χ1n) is 5.63. The van der Waals surface area contributed by atoms with E-state index < -0.39 is 23.1 Å². The monoisotopic (exact) mass is 259 g/mol. The molecule has 98 valence electrons. The number of nitrogens with zero attached hydrogens (tertiary/aromatic N) is 1. The second-order valence-corrected chi connectivity index (χ2v) is 3.69. The molecular weight excluding hydrogens is 246 g/mol. The highest BCUT2D eigenvalue weighted by atomic mass is 16.5. The molecule has 0 bridgehead atoms. The Bertz CT molecular complexity index is 564. The zero-order chi connectivity index (χ0) is 14.4. The molecule has 0 saturated carbocycles. The minimum Gasteiger partial charge on any atom is -0.506 e. The number of ketones is 1. The summed E-state index contributed by atoms with van der Waals surface area (Å²) in [6.07, 6.45) is 0. The lowest BCUT2D eigenvalue weighted by atomic mass is 10.0. The van der Waals surface area contributed by atoms with Crippen LogP contribution < -0.4 is 0 Å². The van der Waals surface area contributed by atoms with E-state index in [1.807, 2.05) is 6.07 Å². The third-order valence-electron chi connectivity index (χ3n) is 2.36. The molecule has 5 nitrogen and oxygen atoms in total. The molecule has 0 spiro atoms. The maximum atomic E-state index is 11.6. The molecule has 1 aromatic rings. The summed E-state index contributed by atoms with van der Waals surface area (Å²) < 4.78 is 4.72. The molecule has 0 atom stereocenters. The van der Waals surface area contributed by atoms with Crippen molar-refractivity contribution in [2.75, 3.05) is 6.61 Å². The lowest BCUT2D eigenvalue weighted by Gasteiger charge is -2.07. The van der Waals surface area contributed by atoms with Crippen molar-refractivity contribution in [1.29, 1.82) is 5.26 Å². The van der Waals surface area contributed by atoms with Crippen molar-refractivity contribution in [1.82, 2.24) is 0 Å². The van der Waals surface area contributed by atoms with E-state index in [1.54, 1.807) is 6.92 Å². The molecule has 0 aliphatic carbocycles. The van der Waals surface area contributed by atoms with Crippen LogP contribution in [0, 0.1) is 11.3 Å². The first-order chi connectivity index (χ1) is 9.01. The number of benzene rings is 1. The number of aliphatic hydroxyl groups is 1. The molecule has 0 fully saturated rings. The van der Waals surface area contributed by atoms with Gasteiger partial charge in [0.1, 0.15) is 11.3 Å². The van der Waals surface area contributed by atoms with Crippen LogP contribution in [0.5, 0.6) is 0 Å². The van der Waals surface area contributed by atoms with E-state index in [9.17, 15) is 14.7 Å². The molecule has 0 heterocycles. The number of Topliss-reactive ketones (excluding diaryl/α,β-unsaturated/α-hetero) is 1. The van der Waals surface area contributed by atoms with Crippen LogP contribution in [0.1, 0.15) is 25.0 Å². The molecule has 0 saturated heterocycles. The zero-order valence-electron chi connectivity index (χ0n) is 10.6. The van der Waals surface area contributed by atoms with Crippen LogP contribution in [-0.4, -0.2) is 23.5 Å². The van der Waals surface area contributed by atoms with Crippen molar-refractivity contribution in [2.45, 2.75) is 13.8 Å². The number of esters is 1. The summed E-state index contributed by atoms with van der Waals surface area (Å²) in [4.78, 5) is 23.0. The Morgan fingerprint density at radius 2 is 1.89 bits per heavy atom. The Morgan fingerprint density at radius 1 is 1.32 bits per heavy atom.